The van der Waals surface area contributed by atoms with Crippen molar-refractivity contribution in [1.82, 2.24) is 10.3 Å². The van der Waals surface area contributed by atoms with Crippen LogP contribution >= 0.6 is 0 Å². The van der Waals surface area contributed by atoms with Gasteiger partial charge < -0.3 is 24.8 Å². The molecule has 0 radical (unpaired) electrons. The third-order valence-electron chi connectivity index (χ3n) is 4.36. The van der Waals surface area contributed by atoms with E-state index < -0.39 is 24.4 Å². The summed E-state index contributed by atoms with van der Waals surface area (Å²) in [5, 5.41) is 5.07. The molecule has 0 atom stereocenters. The number of amides is 2. The molecule has 0 aliphatic rings. The quantitative estimate of drug-likeness (QED) is 0.482. The molecule has 1 aromatic heterocycles. The van der Waals surface area contributed by atoms with Crippen molar-refractivity contribution in [3.8, 4) is 17.4 Å². The van der Waals surface area contributed by atoms with Crippen molar-refractivity contribution in [2.24, 2.45) is 0 Å². The van der Waals surface area contributed by atoms with E-state index in [0.29, 0.717) is 17.2 Å². The molecule has 1 heterocycles. The molecular weight excluding hydrogens is 426 g/mol. The van der Waals surface area contributed by atoms with Crippen LogP contribution in [0.5, 0.6) is 17.4 Å². The monoisotopic (exact) mass is 449 g/mol. The fourth-order valence-corrected chi connectivity index (χ4v) is 2.78. The lowest BCUT2D eigenvalue weighted by molar-refractivity contribution is -0.126. The second-order valence-electron chi connectivity index (χ2n) is 6.88. The van der Waals surface area contributed by atoms with E-state index in [4.69, 9.17) is 14.2 Å². The molecule has 0 aliphatic carbocycles. The van der Waals surface area contributed by atoms with Gasteiger partial charge in [-0.3, -0.25) is 9.59 Å². The van der Waals surface area contributed by atoms with Gasteiger partial charge in [0.15, 0.2) is 6.61 Å². The number of aryl methyl sites for hydroxylation is 1. The van der Waals surface area contributed by atoms with Crippen molar-refractivity contribution in [3.63, 3.8) is 0 Å². The molecule has 3 rings (SSSR count). The number of anilines is 1. The van der Waals surface area contributed by atoms with Gasteiger partial charge in [-0.25, -0.2) is 9.78 Å². The molecule has 0 fully saturated rings. The number of aromatic nitrogens is 1. The molecule has 2 amide bonds. The van der Waals surface area contributed by atoms with Crippen LogP contribution in [0, 0.1) is 6.92 Å². The third-order valence-corrected chi connectivity index (χ3v) is 4.36. The summed E-state index contributed by atoms with van der Waals surface area (Å²) in [7, 11) is 1.50. The maximum Gasteiger partial charge on any atom is 0.344 e. The predicted octanol–water partition coefficient (Wildman–Crippen LogP) is 3.10. The number of hydrogen-bond donors (Lipinski definition) is 2. The van der Waals surface area contributed by atoms with Crippen molar-refractivity contribution in [3.05, 3.63) is 78.0 Å². The number of benzene rings is 2. The summed E-state index contributed by atoms with van der Waals surface area (Å²) < 4.78 is 15.9. The zero-order valence-electron chi connectivity index (χ0n) is 18.2. The Morgan fingerprint density at radius 1 is 0.970 bits per heavy atom. The molecule has 0 saturated carbocycles. The Morgan fingerprint density at radius 3 is 2.52 bits per heavy atom. The predicted molar refractivity (Wildman–Crippen MR) is 120 cm³/mol. The minimum atomic E-state index is -0.780. The fourth-order valence-electron chi connectivity index (χ4n) is 2.78. The van der Waals surface area contributed by atoms with E-state index in [0.717, 1.165) is 5.56 Å². The topological polar surface area (TPSA) is 116 Å². The first-order valence-electron chi connectivity index (χ1n) is 10.0. The Bertz CT molecular complexity index is 1130. The van der Waals surface area contributed by atoms with Crippen molar-refractivity contribution in [2.45, 2.75) is 6.92 Å². The number of rotatable bonds is 9. The van der Waals surface area contributed by atoms with Crippen molar-refractivity contribution < 1.29 is 28.6 Å². The van der Waals surface area contributed by atoms with E-state index >= 15 is 0 Å². The number of nitrogens with zero attached hydrogens (tertiary/aromatic N) is 1. The van der Waals surface area contributed by atoms with Gasteiger partial charge in [-0.1, -0.05) is 24.3 Å². The number of nitrogens with one attached hydrogen (secondary N) is 2. The molecule has 0 bridgehead atoms. The van der Waals surface area contributed by atoms with Crippen LogP contribution < -0.4 is 20.1 Å². The van der Waals surface area contributed by atoms with Gasteiger partial charge in [0.05, 0.1) is 19.3 Å². The molecule has 170 valence electrons. The Morgan fingerprint density at radius 2 is 1.76 bits per heavy atom. The molecule has 0 spiro atoms. The number of pyridine rings is 1. The van der Waals surface area contributed by atoms with Crippen LogP contribution in [-0.4, -0.2) is 43.0 Å². The van der Waals surface area contributed by atoms with E-state index in [1.165, 1.54) is 19.4 Å². The normalized spacial score (nSPS) is 10.1. The number of ether oxygens (including phenoxy) is 3. The van der Waals surface area contributed by atoms with Crippen LogP contribution in [0.2, 0.25) is 0 Å². The Labute approximate surface area is 190 Å². The van der Waals surface area contributed by atoms with Gasteiger partial charge in [0.1, 0.15) is 17.1 Å². The summed E-state index contributed by atoms with van der Waals surface area (Å²) in [5.74, 6) is -0.814. The zero-order chi connectivity index (χ0) is 23.6. The molecule has 2 N–H and O–H groups in total. The van der Waals surface area contributed by atoms with Crippen LogP contribution in [0.3, 0.4) is 0 Å². The van der Waals surface area contributed by atoms with Gasteiger partial charge in [0, 0.05) is 6.20 Å². The lowest BCUT2D eigenvalue weighted by Crippen LogP contribution is -2.35. The maximum atomic E-state index is 12.4. The van der Waals surface area contributed by atoms with Crippen LogP contribution in [0.25, 0.3) is 0 Å². The molecule has 9 heteroatoms. The molecular formula is C24H23N3O6. The molecule has 0 saturated heterocycles. The first kappa shape index (κ1) is 23.3. The summed E-state index contributed by atoms with van der Waals surface area (Å²) in [6.45, 7) is 1.01. The summed E-state index contributed by atoms with van der Waals surface area (Å²) >= 11 is 0. The summed E-state index contributed by atoms with van der Waals surface area (Å²) in [6, 6.07) is 17.2. The lowest BCUT2D eigenvalue weighted by atomic mass is 10.2. The number of para-hydroxylation sites is 1. The van der Waals surface area contributed by atoms with E-state index in [2.05, 4.69) is 15.6 Å². The van der Waals surface area contributed by atoms with E-state index in [1.54, 1.807) is 42.5 Å². The number of methoxy groups -OCH3 is 1. The van der Waals surface area contributed by atoms with Gasteiger partial charge >= 0.3 is 5.97 Å². The minimum absolute atomic E-state index is 0.0561. The summed E-state index contributed by atoms with van der Waals surface area (Å²) in [6.07, 6.45) is 1.48. The van der Waals surface area contributed by atoms with Gasteiger partial charge in [-0.15, -0.1) is 0 Å². The van der Waals surface area contributed by atoms with Crippen LogP contribution in [0.15, 0.2) is 66.9 Å². The second-order valence-corrected chi connectivity index (χ2v) is 6.88. The standard InChI is InChI=1S/C24H23N3O6/c1-16-10-11-20(31-2)19(13-16)27-21(28)14-26-22(29)15-32-24(30)18-9-6-12-25-23(18)33-17-7-4-3-5-8-17/h3-13H,14-15H2,1-2H3,(H,26,29)(H,27,28). The lowest BCUT2D eigenvalue weighted by Gasteiger charge is -2.12. The fraction of sp³-hybridized carbons (Fsp3) is 0.167. The SMILES string of the molecule is COc1ccc(C)cc1NC(=O)CNC(=O)COC(=O)c1cccnc1Oc1ccccc1. The molecule has 33 heavy (non-hydrogen) atoms. The maximum absolute atomic E-state index is 12.4. The number of hydrogen-bond acceptors (Lipinski definition) is 7. The second kappa shape index (κ2) is 11.3. The van der Waals surface area contributed by atoms with Gasteiger partial charge in [-0.05, 0) is 48.9 Å². The van der Waals surface area contributed by atoms with Crippen LogP contribution in [0.4, 0.5) is 5.69 Å². The highest BCUT2D eigenvalue weighted by molar-refractivity contribution is 5.97. The number of carbonyl (C=O) groups excluding carboxylic acids is 3. The van der Waals surface area contributed by atoms with E-state index in [1.807, 2.05) is 19.1 Å². The zero-order valence-corrected chi connectivity index (χ0v) is 18.2. The largest absolute Gasteiger partial charge is 0.495 e. The summed E-state index contributed by atoms with van der Waals surface area (Å²) in [5.41, 5.74) is 1.50. The highest BCUT2D eigenvalue weighted by Gasteiger charge is 2.17. The minimum Gasteiger partial charge on any atom is -0.495 e. The summed E-state index contributed by atoms with van der Waals surface area (Å²) in [4.78, 5) is 40.7. The Hall–Kier alpha value is -4.40. The average molecular weight is 449 g/mol. The first-order chi connectivity index (χ1) is 16.0. The highest BCUT2D eigenvalue weighted by Crippen LogP contribution is 2.25. The molecule has 9 nitrogen and oxygen atoms in total. The smallest absolute Gasteiger partial charge is 0.344 e. The number of esters is 1. The highest BCUT2D eigenvalue weighted by atomic mass is 16.5. The van der Waals surface area contributed by atoms with E-state index in [-0.39, 0.29) is 18.0 Å². The van der Waals surface area contributed by atoms with Crippen LogP contribution in [-0.2, 0) is 14.3 Å². The van der Waals surface area contributed by atoms with E-state index in [9.17, 15) is 14.4 Å². The number of carbonyl (C=O) groups is 3. The Kier molecular flexibility index (Phi) is 7.96. The molecule has 3 aromatic rings. The van der Waals surface area contributed by atoms with Gasteiger partial charge in [0.2, 0.25) is 11.8 Å². The van der Waals surface area contributed by atoms with Crippen molar-refractivity contribution in [2.75, 3.05) is 25.6 Å². The van der Waals surface area contributed by atoms with Crippen molar-refractivity contribution >= 4 is 23.5 Å². The third kappa shape index (κ3) is 6.79. The molecule has 0 unspecified atom stereocenters. The van der Waals surface area contributed by atoms with Crippen molar-refractivity contribution in [1.29, 1.82) is 0 Å². The van der Waals surface area contributed by atoms with Gasteiger partial charge in [-0.2, -0.15) is 0 Å². The molecule has 0 aliphatic heterocycles. The van der Waals surface area contributed by atoms with Crippen LogP contribution in [0.1, 0.15) is 15.9 Å². The first-order valence-corrected chi connectivity index (χ1v) is 10.0. The Balaban J connectivity index is 1.50. The van der Waals surface area contributed by atoms with Gasteiger partial charge in [0.25, 0.3) is 5.91 Å². The molecule has 2 aromatic carbocycles. The average Bonchev–Trinajstić information content (AvgIpc) is 2.82.